The molecule has 0 spiro atoms. The highest BCUT2D eigenvalue weighted by atomic mass is 15.2. The Hall–Kier alpha value is -1.62. The molecule has 1 aromatic rings. The van der Waals surface area contributed by atoms with E-state index in [1.807, 2.05) is 20.0 Å². The van der Waals surface area contributed by atoms with E-state index in [1.54, 1.807) is 6.20 Å². The molecule has 0 saturated carbocycles. The summed E-state index contributed by atoms with van der Waals surface area (Å²) in [4.78, 5) is 8.57. The molecule has 0 amide bonds. The topological polar surface area (TPSA) is 69.2 Å². The van der Waals surface area contributed by atoms with Gasteiger partial charge in [0.1, 0.15) is 11.7 Å². The Bertz CT molecular complexity index is 414. The molecule has 18 heavy (non-hydrogen) atoms. The highest BCUT2D eigenvalue weighted by Gasteiger charge is 2.13. The Morgan fingerprint density at radius 1 is 1.33 bits per heavy atom. The summed E-state index contributed by atoms with van der Waals surface area (Å²) in [5.74, 6) is 0.872. The second-order valence-corrected chi connectivity index (χ2v) is 4.82. The number of rotatable bonds is 6. The second kappa shape index (κ2) is 6.35. The predicted molar refractivity (Wildman–Crippen MR) is 76.4 cm³/mol. The maximum Gasteiger partial charge on any atom is 0.139 e. The van der Waals surface area contributed by atoms with Crippen LogP contribution in [0.3, 0.4) is 0 Å². The third kappa shape index (κ3) is 3.70. The average Bonchev–Trinajstić information content (AvgIpc) is 2.27. The van der Waals surface area contributed by atoms with Crippen LogP contribution < -0.4 is 10.6 Å². The fourth-order valence-electron chi connectivity index (χ4n) is 1.90. The minimum atomic E-state index is 0.0788. The van der Waals surface area contributed by atoms with Crippen LogP contribution in [-0.2, 0) is 0 Å². The first-order valence-electron chi connectivity index (χ1n) is 6.09. The van der Waals surface area contributed by atoms with Crippen LogP contribution in [0.4, 0.5) is 5.82 Å². The number of amidine groups is 1. The Morgan fingerprint density at radius 3 is 2.56 bits per heavy atom. The van der Waals surface area contributed by atoms with Crippen molar-refractivity contribution in [3.8, 4) is 0 Å². The number of hydrogen-bond donors (Lipinski definition) is 2. The lowest BCUT2D eigenvalue weighted by Gasteiger charge is -2.22. The standard InChI is InChI=1S/C13H23N5/c1-10-6-7-16-13(11(10)12(14)15)18(4)9-5-8-17(2)3/h6-7H,5,8-9H2,1-4H3,(H3,14,15). The van der Waals surface area contributed by atoms with Crippen molar-refractivity contribution in [2.24, 2.45) is 5.73 Å². The van der Waals surface area contributed by atoms with Crippen LogP contribution >= 0.6 is 0 Å². The maximum atomic E-state index is 7.66. The molecule has 0 atom stereocenters. The lowest BCUT2D eigenvalue weighted by Crippen LogP contribution is -2.27. The first-order valence-corrected chi connectivity index (χ1v) is 6.09. The average molecular weight is 249 g/mol. The van der Waals surface area contributed by atoms with Crippen molar-refractivity contribution in [2.75, 3.05) is 39.1 Å². The van der Waals surface area contributed by atoms with Gasteiger partial charge in [-0.05, 0) is 45.6 Å². The van der Waals surface area contributed by atoms with E-state index < -0.39 is 0 Å². The molecule has 100 valence electrons. The van der Waals surface area contributed by atoms with Gasteiger partial charge in [-0.2, -0.15) is 0 Å². The van der Waals surface area contributed by atoms with E-state index in [0.717, 1.165) is 36.5 Å². The van der Waals surface area contributed by atoms with Crippen molar-refractivity contribution in [3.63, 3.8) is 0 Å². The number of nitrogens with two attached hydrogens (primary N) is 1. The summed E-state index contributed by atoms with van der Waals surface area (Å²) >= 11 is 0. The molecule has 0 aliphatic heterocycles. The van der Waals surface area contributed by atoms with Crippen molar-refractivity contribution in [2.45, 2.75) is 13.3 Å². The Morgan fingerprint density at radius 2 is 2.00 bits per heavy atom. The summed E-state index contributed by atoms with van der Waals surface area (Å²) in [6.07, 6.45) is 2.82. The van der Waals surface area contributed by atoms with Crippen molar-refractivity contribution in [1.82, 2.24) is 9.88 Å². The normalized spacial score (nSPS) is 10.7. The fraction of sp³-hybridized carbons (Fsp3) is 0.538. The minimum absolute atomic E-state index is 0.0788. The molecule has 0 aliphatic rings. The highest BCUT2D eigenvalue weighted by molar-refractivity contribution is 6.00. The zero-order valence-corrected chi connectivity index (χ0v) is 11.7. The molecule has 5 nitrogen and oxygen atoms in total. The van der Waals surface area contributed by atoms with E-state index in [9.17, 15) is 0 Å². The van der Waals surface area contributed by atoms with Crippen molar-refractivity contribution >= 4 is 11.7 Å². The van der Waals surface area contributed by atoms with E-state index in [1.165, 1.54) is 0 Å². The van der Waals surface area contributed by atoms with Gasteiger partial charge in [-0.25, -0.2) is 4.98 Å². The number of anilines is 1. The Labute approximate surface area is 109 Å². The summed E-state index contributed by atoms with van der Waals surface area (Å²) in [7, 11) is 6.11. The van der Waals surface area contributed by atoms with Gasteiger partial charge >= 0.3 is 0 Å². The molecule has 0 fully saturated rings. The second-order valence-electron chi connectivity index (χ2n) is 4.82. The van der Waals surface area contributed by atoms with E-state index in [4.69, 9.17) is 11.1 Å². The number of pyridine rings is 1. The zero-order valence-electron chi connectivity index (χ0n) is 11.7. The third-order valence-electron chi connectivity index (χ3n) is 2.87. The smallest absolute Gasteiger partial charge is 0.139 e. The van der Waals surface area contributed by atoms with Gasteiger partial charge in [0, 0.05) is 19.8 Å². The van der Waals surface area contributed by atoms with Crippen LogP contribution in [0, 0.1) is 12.3 Å². The van der Waals surface area contributed by atoms with Crippen LogP contribution in [0.15, 0.2) is 12.3 Å². The van der Waals surface area contributed by atoms with Crippen LogP contribution in [0.5, 0.6) is 0 Å². The third-order valence-corrected chi connectivity index (χ3v) is 2.87. The number of aryl methyl sites for hydroxylation is 1. The molecule has 0 unspecified atom stereocenters. The molecule has 1 rings (SSSR count). The lowest BCUT2D eigenvalue weighted by atomic mass is 10.1. The molecular formula is C13H23N5. The fourth-order valence-corrected chi connectivity index (χ4v) is 1.90. The zero-order chi connectivity index (χ0) is 13.7. The summed E-state index contributed by atoms with van der Waals surface area (Å²) in [6, 6.07) is 1.88. The summed E-state index contributed by atoms with van der Waals surface area (Å²) in [5.41, 5.74) is 7.37. The molecule has 1 heterocycles. The van der Waals surface area contributed by atoms with Crippen LogP contribution in [0.25, 0.3) is 0 Å². The van der Waals surface area contributed by atoms with Gasteiger partial charge in [-0.3, -0.25) is 5.41 Å². The van der Waals surface area contributed by atoms with Crippen LogP contribution in [-0.4, -0.2) is 50.0 Å². The molecule has 0 radical (unpaired) electrons. The quantitative estimate of drug-likeness (QED) is 0.584. The number of nitrogens with one attached hydrogen (secondary N) is 1. The first kappa shape index (κ1) is 14.4. The molecule has 3 N–H and O–H groups in total. The van der Waals surface area contributed by atoms with Crippen molar-refractivity contribution < 1.29 is 0 Å². The van der Waals surface area contributed by atoms with Gasteiger partial charge in [0.25, 0.3) is 0 Å². The molecule has 0 aliphatic carbocycles. The van der Waals surface area contributed by atoms with E-state index >= 15 is 0 Å². The monoisotopic (exact) mass is 249 g/mol. The summed E-state index contributed by atoms with van der Waals surface area (Å²) in [5, 5.41) is 7.66. The lowest BCUT2D eigenvalue weighted by molar-refractivity contribution is 0.401. The molecule has 5 heteroatoms. The van der Waals surface area contributed by atoms with Crippen LogP contribution in [0.2, 0.25) is 0 Å². The number of hydrogen-bond acceptors (Lipinski definition) is 4. The van der Waals surface area contributed by atoms with Gasteiger partial charge in [-0.15, -0.1) is 0 Å². The number of aromatic nitrogens is 1. The largest absolute Gasteiger partial charge is 0.384 e. The van der Waals surface area contributed by atoms with E-state index in [2.05, 4.69) is 28.9 Å². The molecule has 0 aromatic carbocycles. The Balaban J connectivity index is 2.82. The number of nitrogens with zero attached hydrogens (tertiary/aromatic N) is 3. The van der Waals surface area contributed by atoms with E-state index in [-0.39, 0.29) is 5.84 Å². The van der Waals surface area contributed by atoms with Crippen molar-refractivity contribution in [3.05, 3.63) is 23.4 Å². The summed E-state index contributed by atoms with van der Waals surface area (Å²) in [6.45, 7) is 3.88. The van der Waals surface area contributed by atoms with Crippen LogP contribution in [0.1, 0.15) is 17.5 Å². The molecule has 1 aromatic heterocycles. The van der Waals surface area contributed by atoms with Gasteiger partial charge < -0.3 is 15.5 Å². The minimum Gasteiger partial charge on any atom is -0.384 e. The summed E-state index contributed by atoms with van der Waals surface area (Å²) < 4.78 is 0. The highest BCUT2D eigenvalue weighted by Crippen LogP contribution is 2.19. The van der Waals surface area contributed by atoms with Gasteiger partial charge in [0.05, 0.1) is 5.56 Å². The Kier molecular flexibility index (Phi) is 5.09. The SMILES string of the molecule is Cc1ccnc(N(C)CCCN(C)C)c1C(=N)N. The first-order chi connectivity index (χ1) is 8.43. The van der Waals surface area contributed by atoms with Gasteiger partial charge in [0.2, 0.25) is 0 Å². The number of nitrogen functional groups attached to an aromatic ring is 1. The predicted octanol–water partition coefficient (Wildman–Crippen LogP) is 1.06. The van der Waals surface area contributed by atoms with Crippen molar-refractivity contribution in [1.29, 1.82) is 5.41 Å². The van der Waals surface area contributed by atoms with E-state index in [0.29, 0.717) is 0 Å². The van der Waals surface area contributed by atoms with Gasteiger partial charge in [0.15, 0.2) is 0 Å². The molecule has 0 bridgehead atoms. The molecule has 0 saturated heterocycles. The molecular weight excluding hydrogens is 226 g/mol. The maximum absolute atomic E-state index is 7.66. The van der Waals surface area contributed by atoms with Gasteiger partial charge in [-0.1, -0.05) is 0 Å².